The summed E-state index contributed by atoms with van der Waals surface area (Å²) in [6.07, 6.45) is 1.90. The fraction of sp³-hybridized carbons (Fsp3) is 0.471. The van der Waals surface area contributed by atoms with Crippen LogP contribution in [0.15, 0.2) is 24.4 Å². The number of aromatic nitrogens is 3. The standard InChI is InChI=1S/C17H23N5O/c1-4-23-16-7-5-6-15(20-16)21-8-10-22(11-9-21)17-18-12-13(2)14(3)19-17/h5-7,12H,4,8-11H2,1-3H3. The van der Waals surface area contributed by atoms with E-state index in [1.54, 1.807) is 0 Å². The van der Waals surface area contributed by atoms with Gasteiger partial charge in [0.25, 0.3) is 0 Å². The molecule has 0 aliphatic carbocycles. The molecule has 0 amide bonds. The van der Waals surface area contributed by atoms with Crippen molar-refractivity contribution < 1.29 is 4.74 Å². The smallest absolute Gasteiger partial charge is 0.225 e. The number of nitrogens with zero attached hydrogens (tertiary/aromatic N) is 5. The van der Waals surface area contributed by atoms with Crippen LogP contribution in [0, 0.1) is 13.8 Å². The maximum Gasteiger partial charge on any atom is 0.225 e. The number of pyridine rings is 1. The quantitative estimate of drug-likeness (QED) is 0.862. The number of rotatable bonds is 4. The van der Waals surface area contributed by atoms with Crippen LogP contribution < -0.4 is 14.5 Å². The number of hydrogen-bond donors (Lipinski definition) is 0. The van der Waals surface area contributed by atoms with Gasteiger partial charge in [0.2, 0.25) is 11.8 Å². The molecule has 6 heteroatoms. The number of aryl methyl sites for hydroxylation is 2. The molecule has 1 aliphatic heterocycles. The molecule has 0 unspecified atom stereocenters. The van der Waals surface area contributed by atoms with Crippen LogP contribution in [0.25, 0.3) is 0 Å². The number of piperazine rings is 1. The maximum absolute atomic E-state index is 5.48. The SMILES string of the molecule is CCOc1cccc(N2CCN(c3ncc(C)c(C)n3)CC2)n1. The van der Waals surface area contributed by atoms with E-state index in [1.807, 2.05) is 45.2 Å². The van der Waals surface area contributed by atoms with E-state index in [2.05, 4.69) is 24.8 Å². The van der Waals surface area contributed by atoms with E-state index >= 15 is 0 Å². The molecule has 122 valence electrons. The fourth-order valence-corrected chi connectivity index (χ4v) is 2.61. The number of anilines is 2. The van der Waals surface area contributed by atoms with Crippen LogP contribution in [-0.4, -0.2) is 47.7 Å². The minimum Gasteiger partial charge on any atom is -0.478 e. The summed E-state index contributed by atoms with van der Waals surface area (Å²) in [5, 5.41) is 0. The van der Waals surface area contributed by atoms with Crippen molar-refractivity contribution in [1.82, 2.24) is 15.0 Å². The molecule has 2 aromatic heterocycles. The van der Waals surface area contributed by atoms with Crippen molar-refractivity contribution in [2.24, 2.45) is 0 Å². The highest BCUT2D eigenvalue weighted by Gasteiger charge is 2.20. The fourth-order valence-electron chi connectivity index (χ4n) is 2.61. The first kappa shape index (κ1) is 15.5. The molecule has 1 aliphatic rings. The summed E-state index contributed by atoms with van der Waals surface area (Å²) in [5.41, 5.74) is 2.17. The van der Waals surface area contributed by atoms with Gasteiger partial charge in [0.1, 0.15) is 5.82 Å². The zero-order valence-electron chi connectivity index (χ0n) is 14.0. The number of ether oxygens (including phenoxy) is 1. The van der Waals surface area contributed by atoms with Crippen molar-refractivity contribution in [2.75, 3.05) is 42.6 Å². The van der Waals surface area contributed by atoms with Gasteiger partial charge in [-0.2, -0.15) is 4.98 Å². The number of hydrogen-bond acceptors (Lipinski definition) is 6. The van der Waals surface area contributed by atoms with Crippen LogP contribution in [0.4, 0.5) is 11.8 Å². The van der Waals surface area contributed by atoms with Crippen LogP contribution >= 0.6 is 0 Å². The molecule has 3 rings (SSSR count). The van der Waals surface area contributed by atoms with Gasteiger partial charge in [-0.05, 0) is 32.4 Å². The summed E-state index contributed by atoms with van der Waals surface area (Å²) in [6.45, 7) is 10.3. The van der Waals surface area contributed by atoms with E-state index in [-0.39, 0.29) is 0 Å². The Bertz CT molecular complexity index is 668. The molecule has 6 nitrogen and oxygen atoms in total. The first-order valence-electron chi connectivity index (χ1n) is 8.07. The Morgan fingerprint density at radius 2 is 1.78 bits per heavy atom. The normalized spacial score (nSPS) is 14.9. The first-order chi connectivity index (χ1) is 11.2. The third-order valence-electron chi connectivity index (χ3n) is 4.10. The van der Waals surface area contributed by atoms with Crippen molar-refractivity contribution in [1.29, 1.82) is 0 Å². The topological polar surface area (TPSA) is 54.4 Å². The lowest BCUT2D eigenvalue weighted by molar-refractivity contribution is 0.327. The molecular weight excluding hydrogens is 290 g/mol. The molecule has 1 fully saturated rings. The molecule has 1 saturated heterocycles. The summed E-state index contributed by atoms with van der Waals surface area (Å²) in [4.78, 5) is 18.1. The third kappa shape index (κ3) is 3.52. The lowest BCUT2D eigenvalue weighted by Gasteiger charge is -2.35. The van der Waals surface area contributed by atoms with Gasteiger partial charge < -0.3 is 14.5 Å². The maximum atomic E-state index is 5.48. The van der Waals surface area contributed by atoms with Gasteiger partial charge in [-0.3, -0.25) is 0 Å². The largest absolute Gasteiger partial charge is 0.478 e. The third-order valence-corrected chi connectivity index (χ3v) is 4.10. The molecule has 0 bridgehead atoms. The molecule has 0 atom stereocenters. The van der Waals surface area contributed by atoms with Gasteiger partial charge in [-0.25, -0.2) is 9.97 Å². The van der Waals surface area contributed by atoms with Gasteiger partial charge in [-0.15, -0.1) is 0 Å². The van der Waals surface area contributed by atoms with E-state index in [9.17, 15) is 0 Å². The van der Waals surface area contributed by atoms with Crippen molar-refractivity contribution in [2.45, 2.75) is 20.8 Å². The Morgan fingerprint density at radius 3 is 2.48 bits per heavy atom. The van der Waals surface area contributed by atoms with E-state index in [0.717, 1.165) is 49.2 Å². The summed E-state index contributed by atoms with van der Waals surface area (Å²) in [6, 6.07) is 5.92. The Hall–Kier alpha value is -2.37. The molecule has 0 saturated carbocycles. The second-order valence-corrected chi connectivity index (χ2v) is 5.68. The van der Waals surface area contributed by atoms with Gasteiger partial charge in [0.05, 0.1) is 6.61 Å². The lowest BCUT2D eigenvalue weighted by Crippen LogP contribution is -2.47. The monoisotopic (exact) mass is 313 g/mol. The van der Waals surface area contributed by atoms with E-state index in [1.165, 1.54) is 0 Å². The van der Waals surface area contributed by atoms with Crippen LogP contribution in [0.5, 0.6) is 5.88 Å². The Morgan fingerprint density at radius 1 is 1.04 bits per heavy atom. The zero-order valence-corrected chi connectivity index (χ0v) is 14.0. The molecule has 0 radical (unpaired) electrons. The Kier molecular flexibility index (Phi) is 4.60. The lowest BCUT2D eigenvalue weighted by atomic mass is 10.3. The molecule has 2 aromatic rings. The highest BCUT2D eigenvalue weighted by molar-refractivity contribution is 5.44. The molecule has 0 aromatic carbocycles. The molecule has 0 N–H and O–H groups in total. The minimum atomic E-state index is 0.633. The van der Waals surface area contributed by atoms with E-state index in [4.69, 9.17) is 4.74 Å². The second kappa shape index (κ2) is 6.81. The molecular formula is C17H23N5O. The van der Waals surface area contributed by atoms with Crippen LogP contribution in [0.1, 0.15) is 18.2 Å². The predicted octanol–water partition coefficient (Wildman–Crippen LogP) is 2.21. The van der Waals surface area contributed by atoms with Gasteiger partial charge in [0, 0.05) is 44.1 Å². The van der Waals surface area contributed by atoms with E-state index < -0.39 is 0 Å². The van der Waals surface area contributed by atoms with Gasteiger partial charge in [-0.1, -0.05) is 6.07 Å². The van der Waals surface area contributed by atoms with Crippen molar-refractivity contribution in [3.8, 4) is 5.88 Å². The van der Waals surface area contributed by atoms with Crippen LogP contribution in [0.3, 0.4) is 0 Å². The zero-order chi connectivity index (χ0) is 16.2. The summed E-state index contributed by atoms with van der Waals surface area (Å²) in [5.74, 6) is 2.48. The van der Waals surface area contributed by atoms with E-state index in [0.29, 0.717) is 12.5 Å². The van der Waals surface area contributed by atoms with Gasteiger partial charge >= 0.3 is 0 Å². The van der Waals surface area contributed by atoms with Gasteiger partial charge in [0.15, 0.2) is 0 Å². The highest BCUT2D eigenvalue weighted by Crippen LogP contribution is 2.19. The average Bonchev–Trinajstić information content (AvgIpc) is 2.58. The Labute approximate surface area is 137 Å². The summed E-state index contributed by atoms with van der Waals surface area (Å²) in [7, 11) is 0. The van der Waals surface area contributed by atoms with Crippen LogP contribution in [-0.2, 0) is 0 Å². The summed E-state index contributed by atoms with van der Waals surface area (Å²) < 4.78 is 5.48. The predicted molar refractivity (Wildman–Crippen MR) is 91.3 cm³/mol. The van der Waals surface area contributed by atoms with Crippen molar-refractivity contribution in [3.63, 3.8) is 0 Å². The summed E-state index contributed by atoms with van der Waals surface area (Å²) >= 11 is 0. The average molecular weight is 313 g/mol. The molecule has 23 heavy (non-hydrogen) atoms. The highest BCUT2D eigenvalue weighted by atomic mass is 16.5. The first-order valence-corrected chi connectivity index (χ1v) is 8.07. The molecule has 3 heterocycles. The molecule has 0 spiro atoms. The van der Waals surface area contributed by atoms with Crippen LogP contribution in [0.2, 0.25) is 0 Å². The second-order valence-electron chi connectivity index (χ2n) is 5.68. The van der Waals surface area contributed by atoms with Crippen molar-refractivity contribution in [3.05, 3.63) is 35.7 Å². The van der Waals surface area contributed by atoms with Crippen molar-refractivity contribution >= 4 is 11.8 Å². The Balaban J connectivity index is 1.66. The minimum absolute atomic E-state index is 0.633.